The summed E-state index contributed by atoms with van der Waals surface area (Å²) in [6.45, 7) is -0.0946. The SMILES string of the molecule is O=C(Nc1ccc(F)c([N+](=O)[O-])c1)C1CN(C(=O)COc2ccccc2F)C1. The van der Waals surface area contributed by atoms with Crippen LogP contribution in [0.2, 0.25) is 0 Å². The van der Waals surface area contributed by atoms with Crippen molar-refractivity contribution in [2.24, 2.45) is 5.92 Å². The van der Waals surface area contributed by atoms with Crippen LogP contribution in [0.1, 0.15) is 0 Å². The van der Waals surface area contributed by atoms with Gasteiger partial charge in [-0.05, 0) is 24.3 Å². The van der Waals surface area contributed by atoms with E-state index in [2.05, 4.69) is 5.32 Å². The highest BCUT2D eigenvalue weighted by atomic mass is 19.1. The number of benzene rings is 2. The van der Waals surface area contributed by atoms with E-state index in [4.69, 9.17) is 4.74 Å². The minimum Gasteiger partial charge on any atom is -0.481 e. The molecule has 28 heavy (non-hydrogen) atoms. The normalized spacial score (nSPS) is 13.6. The molecule has 2 aromatic carbocycles. The molecule has 2 aromatic rings. The molecule has 0 unspecified atom stereocenters. The fraction of sp³-hybridized carbons (Fsp3) is 0.222. The van der Waals surface area contributed by atoms with Gasteiger partial charge in [-0.1, -0.05) is 12.1 Å². The van der Waals surface area contributed by atoms with E-state index in [-0.39, 0.29) is 31.1 Å². The van der Waals surface area contributed by atoms with Gasteiger partial charge in [0.05, 0.1) is 10.8 Å². The van der Waals surface area contributed by atoms with Crippen molar-refractivity contribution in [3.63, 3.8) is 0 Å². The Morgan fingerprint density at radius 3 is 2.57 bits per heavy atom. The molecule has 0 saturated carbocycles. The molecule has 8 nitrogen and oxygen atoms in total. The van der Waals surface area contributed by atoms with Crippen molar-refractivity contribution in [2.45, 2.75) is 0 Å². The van der Waals surface area contributed by atoms with Gasteiger partial charge in [0.2, 0.25) is 11.7 Å². The highest BCUT2D eigenvalue weighted by Gasteiger charge is 2.36. The maximum atomic E-state index is 13.4. The van der Waals surface area contributed by atoms with Crippen LogP contribution in [0.15, 0.2) is 42.5 Å². The van der Waals surface area contributed by atoms with Gasteiger partial charge in [-0.25, -0.2) is 4.39 Å². The first-order chi connectivity index (χ1) is 13.3. The van der Waals surface area contributed by atoms with Crippen LogP contribution in [-0.4, -0.2) is 41.3 Å². The maximum absolute atomic E-state index is 13.4. The largest absolute Gasteiger partial charge is 0.481 e. The van der Waals surface area contributed by atoms with Crippen LogP contribution in [0.5, 0.6) is 5.75 Å². The first-order valence-electron chi connectivity index (χ1n) is 8.25. The van der Waals surface area contributed by atoms with E-state index in [0.29, 0.717) is 0 Å². The van der Waals surface area contributed by atoms with Gasteiger partial charge in [-0.15, -0.1) is 0 Å². The van der Waals surface area contributed by atoms with Crippen molar-refractivity contribution < 1.29 is 28.0 Å². The van der Waals surface area contributed by atoms with Gasteiger partial charge >= 0.3 is 5.69 Å². The molecule has 0 aromatic heterocycles. The summed E-state index contributed by atoms with van der Waals surface area (Å²) in [6.07, 6.45) is 0. The number of hydrogen-bond donors (Lipinski definition) is 1. The van der Waals surface area contributed by atoms with Gasteiger partial charge in [0.15, 0.2) is 18.2 Å². The lowest BCUT2D eigenvalue weighted by Crippen LogP contribution is -2.55. The summed E-state index contributed by atoms with van der Waals surface area (Å²) >= 11 is 0. The molecule has 1 N–H and O–H groups in total. The smallest absolute Gasteiger partial charge is 0.306 e. The molecule has 0 atom stereocenters. The topological polar surface area (TPSA) is 102 Å². The average Bonchev–Trinajstić information content (AvgIpc) is 2.61. The minimum absolute atomic E-state index is 0.0384. The van der Waals surface area contributed by atoms with Gasteiger partial charge in [-0.3, -0.25) is 19.7 Å². The number of hydrogen-bond acceptors (Lipinski definition) is 5. The predicted octanol–water partition coefficient (Wildman–Crippen LogP) is 2.35. The predicted molar refractivity (Wildman–Crippen MR) is 93.6 cm³/mol. The molecular formula is C18H15F2N3O5. The highest BCUT2D eigenvalue weighted by molar-refractivity contribution is 5.95. The lowest BCUT2D eigenvalue weighted by molar-refractivity contribution is -0.387. The average molecular weight is 391 g/mol. The molecule has 1 aliphatic heterocycles. The Bertz CT molecular complexity index is 931. The van der Waals surface area contributed by atoms with Crippen LogP contribution in [0.3, 0.4) is 0 Å². The maximum Gasteiger partial charge on any atom is 0.306 e. The van der Waals surface area contributed by atoms with Crippen LogP contribution in [0.4, 0.5) is 20.2 Å². The molecule has 1 fully saturated rings. The zero-order valence-corrected chi connectivity index (χ0v) is 14.4. The number of nitro benzene ring substituents is 1. The molecule has 1 heterocycles. The number of carbonyl (C=O) groups is 2. The summed E-state index contributed by atoms with van der Waals surface area (Å²) < 4.78 is 31.9. The Labute approximate surface area is 157 Å². The number of nitrogens with zero attached hydrogens (tertiary/aromatic N) is 2. The molecule has 1 saturated heterocycles. The van der Waals surface area contributed by atoms with E-state index in [1.165, 1.54) is 29.2 Å². The third kappa shape index (κ3) is 4.22. The number of nitro groups is 1. The number of ether oxygens (including phenoxy) is 1. The molecule has 146 valence electrons. The molecule has 3 rings (SSSR count). The number of rotatable bonds is 6. The summed E-state index contributed by atoms with van der Waals surface area (Å²) in [5, 5.41) is 13.2. The Kier molecular flexibility index (Phi) is 5.48. The highest BCUT2D eigenvalue weighted by Crippen LogP contribution is 2.24. The number of para-hydroxylation sites is 1. The zero-order chi connectivity index (χ0) is 20.3. The van der Waals surface area contributed by atoms with Crippen molar-refractivity contribution >= 4 is 23.2 Å². The van der Waals surface area contributed by atoms with Gasteiger partial charge in [0.25, 0.3) is 5.91 Å². The molecule has 10 heteroatoms. The van der Waals surface area contributed by atoms with E-state index in [1.54, 1.807) is 6.07 Å². The molecule has 0 spiro atoms. The van der Waals surface area contributed by atoms with E-state index in [0.717, 1.165) is 12.1 Å². The summed E-state index contributed by atoms with van der Waals surface area (Å²) in [4.78, 5) is 35.4. The van der Waals surface area contributed by atoms with Crippen LogP contribution in [0.25, 0.3) is 0 Å². The third-order valence-corrected chi connectivity index (χ3v) is 4.20. The molecular weight excluding hydrogens is 376 g/mol. The first kappa shape index (κ1) is 19.2. The first-order valence-corrected chi connectivity index (χ1v) is 8.25. The fourth-order valence-corrected chi connectivity index (χ4v) is 2.62. The van der Waals surface area contributed by atoms with Gasteiger partial charge in [-0.2, -0.15) is 4.39 Å². The lowest BCUT2D eigenvalue weighted by Gasteiger charge is -2.38. The molecule has 0 aliphatic carbocycles. The number of nitrogens with one attached hydrogen (secondary N) is 1. The van der Waals surface area contributed by atoms with E-state index in [1.807, 2.05) is 0 Å². The summed E-state index contributed by atoms with van der Waals surface area (Å²) in [6, 6.07) is 8.72. The zero-order valence-electron chi connectivity index (χ0n) is 14.4. The Morgan fingerprint density at radius 2 is 1.89 bits per heavy atom. The second-order valence-corrected chi connectivity index (χ2v) is 6.13. The molecule has 0 radical (unpaired) electrons. The second kappa shape index (κ2) is 7.99. The summed E-state index contributed by atoms with van der Waals surface area (Å²) in [5.41, 5.74) is -0.653. The molecule has 1 aliphatic rings. The van der Waals surface area contributed by atoms with E-state index >= 15 is 0 Å². The Hall–Kier alpha value is -3.56. The van der Waals surface area contributed by atoms with E-state index < -0.39 is 40.0 Å². The van der Waals surface area contributed by atoms with Gasteiger partial charge in [0.1, 0.15) is 0 Å². The van der Waals surface area contributed by atoms with Crippen molar-refractivity contribution in [3.8, 4) is 5.75 Å². The third-order valence-electron chi connectivity index (χ3n) is 4.20. The Balaban J connectivity index is 1.48. The van der Waals surface area contributed by atoms with Crippen molar-refractivity contribution in [2.75, 3.05) is 25.0 Å². The van der Waals surface area contributed by atoms with Crippen LogP contribution in [-0.2, 0) is 9.59 Å². The minimum atomic E-state index is -1.00. The molecule has 0 bridgehead atoms. The standard InChI is InChI=1S/C18H15F2N3O5/c19-13-6-5-12(7-15(13)23(26)27)21-18(25)11-8-22(9-11)17(24)10-28-16-4-2-1-3-14(16)20/h1-7,11H,8-10H2,(H,21,25). The summed E-state index contributed by atoms with van der Waals surface area (Å²) in [5.74, 6) is -2.97. The van der Waals surface area contributed by atoms with Gasteiger partial charge in [0, 0.05) is 24.8 Å². The van der Waals surface area contributed by atoms with Crippen molar-refractivity contribution in [1.82, 2.24) is 4.90 Å². The Morgan fingerprint density at radius 1 is 1.18 bits per heavy atom. The van der Waals surface area contributed by atoms with Crippen LogP contribution >= 0.6 is 0 Å². The van der Waals surface area contributed by atoms with Crippen LogP contribution < -0.4 is 10.1 Å². The van der Waals surface area contributed by atoms with Gasteiger partial charge < -0.3 is 15.0 Å². The molecule has 2 amide bonds. The fourth-order valence-electron chi connectivity index (χ4n) is 2.62. The lowest BCUT2D eigenvalue weighted by atomic mass is 9.99. The summed E-state index contributed by atoms with van der Waals surface area (Å²) in [7, 11) is 0. The van der Waals surface area contributed by atoms with E-state index in [9.17, 15) is 28.5 Å². The number of halogens is 2. The number of carbonyl (C=O) groups excluding carboxylic acids is 2. The van der Waals surface area contributed by atoms with Crippen molar-refractivity contribution in [3.05, 3.63) is 64.2 Å². The van der Waals surface area contributed by atoms with Crippen LogP contribution in [0, 0.1) is 27.7 Å². The van der Waals surface area contributed by atoms with Crippen molar-refractivity contribution in [1.29, 1.82) is 0 Å². The quantitative estimate of drug-likeness (QED) is 0.602. The number of anilines is 1. The number of amides is 2. The number of likely N-dealkylation sites (tertiary alicyclic amines) is 1. The second-order valence-electron chi connectivity index (χ2n) is 6.13. The monoisotopic (exact) mass is 391 g/mol.